The van der Waals surface area contributed by atoms with Crippen molar-refractivity contribution in [2.45, 2.75) is 6.42 Å². The molecule has 0 bridgehead atoms. The van der Waals surface area contributed by atoms with Crippen LogP contribution in [0.4, 0.5) is 11.5 Å². The van der Waals surface area contributed by atoms with Crippen molar-refractivity contribution in [1.82, 2.24) is 15.0 Å². The zero-order valence-corrected chi connectivity index (χ0v) is 16.2. The number of fused-ring (bicyclic) bond motifs is 1. The van der Waals surface area contributed by atoms with E-state index in [1.165, 1.54) is 0 Å². The number of thiophene rings is 1. The molecule has 1 aromatic carbocycles. The van der Waals surface area contributed by atoms with Crippen molar-refractivity contribution in [3.63, 3.8) is 0 Å². The van der Waals surface area contributed by atoms with Gasteiger partial charge >= 0.3 is 0 Å². The molecule has 7 heteroatoms. The van der Waals surface area contributed by atoms with Gasteiger partial charge in [-0.05, 0) is 23.8 Å². The molecular weight excluding hydrogens is 370 g/mol. The van der Waals surface area contributed by atoms with Crippen LogP contribution in [0.3, 0.4) is 0 Å². The topological polar surface area (TPSA) is 71.0 Å². The van der Waals surface area contributed by atoms with E-state index in [1.807, 2.05) is 36.2 Å². The van der Waals surface area contributed by atoms with Crippen LogP contribution in [0.15, 0.2) is 67.3 Å². The molecular formula is C21H19N5OS. The number of nitrogens with zero attached hydrogens (tertiary/aromatic N) is 4. The third-order valence-electron chi connectivity index (χ3n) is 4.35. The summed E-state index contributed by atoms with van der Waals surface area (Å²) in [5.74, 6) is 0.776. The molecule has 0 saturated carbocycles. The zero-order valence-electron chi connectivity index (χ0n) is 15.4. The minimum atomic E-state index is -0.0551. The Morgan fingerprint density at radius 2 is 2.00 bits per heavy atom. The highest BCUT2D eigenvalue weighted by Gasteiger charge is 2.14. The fraction of sp³-hybridized carbons (Fsp3) is 0.143. The summed E-state index contributed by atoms with van der Waals surface area (Å²) in [7, 11) is 1.94. The van der Waals surface area contributed by atoms with Crippen molar-refractivity contribution < 1.29 is 4.79 Å². The second-order valence-corrected chi connectivity index (χ2v) is 7.38. The smallest absolute Gasteiger partial charge is 0.226 e. The Morgan fingerprint density at radius 1 is 1.14 bits per heavy atom. The van der Waals surface area contributed by atoms with Gasteiger partial charge in [0.05, 0.1) is 17.3 Å². The molecule has 4 rings (SSSR count). The molecule has 0 aliphatic rings. The quantitative estimate of drug-likeness (QED) is 0.535. The third kappa shape index (κ3) is 3.99. The van der Waals surface area contributed by atoms with Crippen LogP contribution in [0.25, 0.3) is 20.7 Å². The molecule has 6 nitrogen and oxygen atoms in total. The molecule has 4 aromatic rings. The van der Waals surface area contributed by atoms with E-state index >= 15 is 0 Å². The molecule has 140 valence electrons. The first-order valence-electron chi connectivity index (χ1n) is 8.92. The van der Waals surface area contributed by atoms with Crippen molar-refractivity contribution in [1.29, 1.82) is 0 Å². The summed E-state index contributed by atoms with van der Waals surface area (Å²) in [5.41, 5.74) is 1.86. The Kier molecular flexibility index (Phi) is 5.25. The van der Waals surface area contributed by atoms with Gasteiger partial charge in [0.2, 0.25) is 5.91 Å². The lowest BCUT2D eigenvalue weighted by Gasteiger charge is -2.18. The predicted molar refractivity (Wildman–Crippen MR) is 114 cm³/mol. The van der Waals surface area contributed by atoms with E-state index < -0.39 is 0 Å². The predicted octanol–water partition coefficient (Wildman–Crippen LogP) is 4.22. The van der Waals surface area contributed by atoms with Crippen LogP contribution >= 0.6 is 11.3 Å². The van der Waals surface area contributed by atoms with Gasteiger partial charge in [0.1, 0.15) is 17.0 Å². The average molecular weight is 389 g/mol. The lowest BCUT2D eigenvalue weighted by molar-refractivity contribution is -0.116. The van der Waals surface area contributed by atoms with Crippen LogP contribution in [-0.2, 0) is 4.79 Å². The van der Waals surface area contributed by atoms with E-state index in [-0.39, 0.29) is 5.91 Å². The largest absolute Gasteiger partial charge is 0.359 e. The molecule has 1 N–H and O–H groups in total. The number of benzene rings is 1. The molecule has 0 radical (unpaired) electrons. The molecule has 0 aliphatic carbocycles. The van der Waals surface area contributed by atoms with E-state index in [4.69, 9.17) is 0 Å². The molecule has 0 saturated heterocycles. The Hall–Kier alpha value is -3.32. The first-order valence-corrected chi connectivity index (χ1v) is 9.73. The number of nitrogens with one attached hydrogen (secondary N) is 1. The molecule has 3 aromatic heterocycles. The van der Waals surface area contributed by atoms with E-state index in [2.05, 4.69) is 38.5 Å². The lowest BCUT2D eigenvalue weighted by atomic mass is 10.2. The number of amides is 1. The van der Waals surface area contributed by atoms with Gasteiger partial charge in [-0.15, -0.1) is 11.3 Å². The fourth-order valence-corrected chi connectivity index (χ4v) is 3.93. The molecule has 0 spiro atoms. The van der Waals surface area contributed by atoms with Crippen LogP contribution in [0.1, 0.15) is 6.42 Å². The Morgan fingerprint density at radius 3 is 2.79 bits per heavy atom. The normalized spacial score (nSPS) is 10.8. The monoisotopic (exact) mass is 389 g/mol. The second kappa shape index (κ2) is 8.14. The van der Waals surface area contributed by atoms with Crippen molar-refractivity contribution in [3.8, 4) is 10.4 Å². The summed E-state index contributed by atoms with van der Waals surface area (Å²) in [6, 6.07) is 16.0. The van der Waals surface area contributed by atoms with Gasteiger partial charge in [-0.3, -0.25) is 9.78 Å². The Bertz CT molecular complexity index is 1080. The lowest BCUT2D eigenvalue weighted by Crippen LogP contribution is -2.24. The van der Waals surface area contributed by atoms with E-state index in [0.29, 0.717) is 18.7 Å². The van der Waals surface area contributed by atoms with Crippen molar-refractivity contribution in [3.05, 3.63) is 67.3 Å². The summed E-state index contributed by atoms with van der Waals surface area (Å²) in [5, 5.41) is 3.85. The molecule has 1 amide bonds. The maximum atomic E-state index is 12.2. The minimum Gasteiger partial charge on any atom is -0.359 e. The van der Waals surface area contributed by atoms with Crippen LogP contribution in [-0.4, -0.2) is 34.5 Å². The Balaban J connectivity index is 1.49. The summed E-state index contributed by atoms with van der Waals surface area (Å²) in [6.07, 6.45) is 5.24. The van der Waals surface area contributed by atoms with E-state index in [1.54, 1.807) is 36.1 Å². The number of pyridine rings is 1. The summed E-state index contributed by atoms with van der Waals surface area (Å²) in [6.45, 7) is 0.550. The molecule has 0 fully saturated rings. The van der Waals surface area contributed by atoms with E-state index in [9.17, 15) is 4.79 Å². The van der Waals surface area contributed by atoms with Crippen molar-refractivity contribution in [2.75, 3.05) is 23.8 Å². The summed E-state index contributed by atoms with van der Waals surface area (Å²) < 4.78 is 0. The summed E-state index contributed by atoms with van der Waals surface area (Å²) >= 11 is 1.64. The second-order valence-electron chi connectivity index (χ2n) is 6.35. The van der Waals surface area contributed by atoms with Gasteiger partial charge < -0.3 is 10.2 Å². The van der Waals surface area contributed by atoms with Crippen LogP contribution in [0.2, 0.25) is 0 Å². The van der Waals surface area contributed by atoms with Gasteiger partial charge in [-0.25, -0.2) is 9.97 Å². The summed E-state index contributed by atoms with van der Waals surface area (Å²) in [4.78, 5) is 29.2. The number of anilines is 2. The standard InChI is InChI=1S/C21H19N5OS/c1-26(11-9-19(27)25-16-8-5-10-22-13-16)20-17-12-18(15-6-3-2-4-7-15)28-21(17)24-14-23-20/h2-8,10,12-14H,9,11H2,1H3,(H,25,27). The average Bonchev–Trinajstić information content (AvgIpc) is 3.18. The highest BCUT2D eigenvalue weighted by molar-refractivity contribution is 7.21. The van der Waals surface area contributed by atoms with Gasteiger partial charge in [0.15, 0.2) is 0 Å². The van der Waals surface area contributed by atoms with Crippen LogP contribution in [0.5, 0.6) is 0 Å². The maximum absolute atomic E-state index is 12.2. The van der Waals surface area contributed by atoms with E-state index in [0.717, 1.165) is 26.5 Å². The molecule has 28 heavy (non-hydrogen) atoms. The first kappa shape index (κ1) is 18.1. The molecule has 3 heterocycles. The zero-order chi connectivity index (χ0) is 19.3. The molecule has 0 atom stereocenters. The number of hydrogen-bond donors (Lipinski definition) is 1. The highest BCUT2D eigenvalue weighted by Crippen LogP contribution is 2.35. The van der Waals surface area contributed by atoms with Gasteiger partial charge in [-0.1, -0.05) is 30.3 Å². The number of rotatable bonds is 6. The number of aromatic nitrogens is 3. The SMILES string of the molecule is CN(CCC(=O)Nc1cccnc1)c1ncnc2sc(-c3ccccc3)cc12. The van der Waals surface area contributed by atoms with Gasteiger partial charge in [0.25, 0.3) is 0 Å². The van der Waals surface area contributed by atoms with Crippen LogP contribution in [0, 0.1) is 0 Å². The highest BCUT2D eigenvalue weighted by atomic mass is 32.1. The molecule has 0 unspecified atom stereocenters. The maximum Gasteiger partial charge on any atom is 0.226 e. The minimum absolute atomic E-state index is 0.0551. The first-order chi connectivity index (χ1) is 13.7. The van der Waals surface area contributed by atoms with Gasteiger partial charge in [0, 0.05) is 31.1 Å². The van der Waals surface area contributed by atoms with Crippen molar-refractivity contribution >= 4 is 39.0 Å². The number of hydrogen-bond acceptors (Lipinski definition) is 6. The third-order valence-corrected chi connectivity index (χ3v) is 5.44. The fourth-order valence-electron chi connectivity index (χ4n) is 2.93. The number of carbonyl (C=O) groups is 1. The number of carbonyl (C=O) groups excluding carboxylic acids is 1. The van der Waals surface area contributed by atoms with Gasteiger partial charge in [-0.2, -0.15) is 0 Å². The molecule has 0 aliphatic heterocycles. The Labute approximate surface area is 166 Å². The van der Waals surface area contributed by atoms with Crippen molar-refractivity contribution in [2.24, 2.45) is 0 Å². The van der Waals surface area contributed by atoms with Crippen LogP contribution < -0.4 is 10.2 Å².